The van der Waals surface area contributed by atoms with Gasteiger partial charge in [0.2, 0.25) is 12.6 Å². The van der Waals surface area contributed by atoms with Gasteiger partial charge in [0.25, 0.3) is 11.8 Å². The van der Waals surface area contributed by atoms with Crippen LogP contribution in [0.2, 0.25) is 0 Å². The van der Waals surface area contributed by atoms with E-state index in [0.29, 0.717) is 24.7 Å². The molecule has 0 fully saturated rings. The van der Waals surface area contributed by atoms with Gasteiger partial charge < -0.3 is 24.1 Å². The largest absolute Gasteiger partial charge is 0.471 e. The minimum atomic E-state index is -0.371. The number of hydrogen-bond acceptors (Lipinski definition) is 6. The van der Waals surface area contributed by atoms with E-state index in [1.165, 1.54) is 6.07 Å². The summed E-state index contributed by atoms with van der Waals surface area (Å²) in [6.07, 6.45) is 0. The predicted molar refractivity (Wildman–Crippen MR) is 91.0 cm³/mol. The zero-order valence-corrected chi connectivity index (χ0v) is 13.8. The zero-order valence-electron chi connectivity index (χ0n) is 13.8. The topological polar surface area (TPSA) is 82.8 Å². The number of aromatic nitrogens is 1. The number of hydrogen-bond donors (Lipinski definition) is 1. The molecule has 0 radical (unpaired) electrons. The maximum Gasteiger partial charge on any atom is 0.290 e. The highest BCUT2D eigenvalue weighted by molar-refractivity contribution is 5.91. The second-order valence-electron chi connectivity index (χ2n) is 5.67. The SMILES string of the molecule is O=C(NCc1ccc2c(c1)OCO2)c1cc(OCc2ccccc2)no1. The van der Waals surface area contributed by atoms with Crippen LogP contribution in [0, 0.1) is 0 Å². The van der Waals surface area contributed by atoms with Gasteiger partial charge in [0.15, 0.2) is 11.5 Å². The van der Waals surface area contributed by atoms with Gasteiger partial charge in [-0.15, -0.1) is 0 Å². The van der Waals surface area contributed by atoms with Gasteiger partial charge in [-0.1, -0.05) is 36.4 Å². The van der Waals surface area contributed by atoms with Crippen LogP contribution in [0.15, 0.2) is 59.1 Å². The summed E-state index contributed by atoms with van der Waals surface area (Å²) in [6, 6.07) is 16.7. The summed E-state index contributed by atoms with van der Waals surface area (Å²) in [7, 11) is 0. The van der Waals surface area contributed by atoms with Crippen molar-refractivity contribution in [1.82, 2.24) is 10.5 Å². The molecule has 1 aliphatic heterocycles. The molecule has 26 heavy (non-hydrogen) atoms. The molecule has 0 aliphatic carbocycles. The van der Waals surface area contributed by atoms with E-state index in [-0.39, 0.29) is 24.3 Å². The third kappa shape index (κ3) is 3.61. The number of rotatable bonds is 6. The summed E-state index contributed by atoms with van der Waals surface area (Å²) in [5, 5.41) is 6.53. The first-order chi connectivity index (χ1) is 12.8. The zero-order chi connectivity index (χ0) is 17.8. The van der Waals surface area contributed by atoms with Crippen LogP contribution < -0.4 is 19.5 Å². The Bertz CT molecular complexity index is 907. The van der Waals surface area contributed by atoms with Gasteiger partial charge in [0.05, 0.1) is 6.07 Å². The summed E-state index contributed by atoms with van der Waals surface area (Å²) in [4.78, 5) is 12.2. The van der Waals surface area contributed by atoms with Crippen molar-refractivity contribution in [3.05, 3.63) is 71.5 Å². The molecule has 4 rings (SSSR count). The lowest BCUT2D eigenvalue weighted by Crippen LogP contribution is -2.22. The van der Waals surface area contributed by atoms with Gasteiger partial charge in [-0.2, -0.15) is 0 Å². The summed E-state index contributed by atoms with van der Waals surface area (Å²) in [5.41, 5.74) is 1.90. The van der Waals surface area contributed by atoms with E-state index in [2.05, 4.69) is 10.5 Å². The van der Waals surface area contributed by atoms with Crippen molar-refractivity contribution >= 4 is 5.91 Å². The van der Waals surface area contributed by atoms with Gasteiger partial charge in [-0.25, -0.2) is 0 Å². The highest BCUT2D eigenvalue weighted by Crippen LogP contribution is 2.32. The van der Waals surface area contributed by atoms with Crippen molar-refractivity contribution in [3.63, 3.8) is 0 Å². The normalized spacial score (nSPS) is 12.0. The van der Waals surface area contributed by atoms with Crippen LogP contribution >= 0.6 is 0 Å². The molecule has 2 heterocycles. The Morgan fingerprint density at radius 3 is 2.77 bits per heavy atom. The first kappa shape index (κ1) is 16.0. The van der Waals surface area contributed by atoms with E-state index in [4.69, 9.17) is 18.7 Å². The third-order valence-electron chi connectivity index (χ3n) is 3.83. The first-order valence-corrected chi connectivity index (χ1v) is 8.08. The number of carbonyl (C=O) groups is 1. The van der Waals surface area contributed by atoms with Crippen LogP contribution in [0.25, 0.3) is 0 Å². The summed E-state index contributed by atoms with van der Waals surface area (Å²) in [6.45, 7) is 0.900. The number of nitrogens with one attached hydrogen (secondary N) is 1. The fourth-order valence-corrected chi connectivity index (χ4v) is 2.49. The van der Waals surface area contributed by atoms with Gasteiger partial charge in [-0.3, -0.25) is 4.79 Å². The monoisotopic (exact) mass is 352 g/mol. The number of ether oxygens (including phenoxy) is 3. The first-order valence-electron chi connectivity index (χ1n) is 8.08. The Kier molecular flexibility index (Phi) is 4.42. The molecule has 0 bridgehead atoms. The van der Waals surface area contributed by atoms with E-state index in [1.807, 2.05) is 48.5 Å². The Labute approximate surface area is 149 Å². The molecule has 132 valence electrons. The van der Waals surface area contributed by atoms with Crippen LogP contribution in [0.4, 0.5) is 0 Å². The smallest absolute Gasteiger partial charge is 0.290 e. The molecule has 1 aromatic heterocycles. The molecule has 0 saturated heterocycles. The molecule has 0 spiro atoms. The summed E-state index contributed by atoms with van der Waals surface area (Å²) in [5.74, 6) is 1.36. The minimum absolute atomic E-state index is 0.0915. The molecule has 0 atom stereocenters. The van der Waals surface area contributed by atoms with Crippen molar-refractivity contribution in [2.75, 3.05) is 6.79 Å². The molecular weight excluding hydrogens is 336 g/mol. The lowest BCUT2D eigenvalue weighted by Gasteiger charge is -2.04. The second kappa shape index (κ2) is 7.18. The number of amides is 1. The molecule has 0 unspecified atom stereocenters. The van der Waals surface area contributed by atoms with Crippen molar-refractivity contribution < 1.29 is 23.5 Å². The van der Waals surface area contributed by atoms with Crippen LogP contribution in [0.1, 0.15) is 21.7 Å². The molecule has 2 aromatic carbocycles. The quantitative estimate of drug-likeness (QED) is 0.734. The van der Waals surface area contributed by atoms with Crippen molar-refractivity contribution in [3.8, 4) is 17.4 Å². The lowest BCUT2D eigenvalue weighted by atomic mass is 10.2. The third-order valence-corrected chi connectivity index (χ3v) is 3.83. The average Bonchev–Trinajstić information content (AvgIpc) is 3.34. The van der Waals surface area contributed by atoms with E-state index < -0.39 is 0 Å². The standard InChI is InChI=1S/C19H16N2O5/c22-19(20-10-14-6-7-15-16(8-14)25-12-24-15)17-9-18(21-26-17)23-11-13-4-2-1-3-5-13/h1-9H,10-12H2,(H,20,22). The van der Waals surface area contributed by atoms with Gasteiger partial charge >= 0.3 is 0 Å². The fraction of sp³-hybridized carbons (Fsp3) is 0.158. The van der Waals surface area contributed by atoms with E-state index in [9.17, 15) is 4.79 Å². The number of fused-ring (bicyclic) bond motifs is 1. The van der Waals surface area contributed by atoms with Crippen LogP contribution in [-0.4, -0.2) is 17.9 Å². The molecule has 1 amide bonds. The molecule has 0 saturated carbocycles. The molecule has 3 aromatic rings. The molecular formula is C19H16N2O5. The molecule has 7 nitrogen and oxygen atoms in total. The molecule has 1 N–H and O–H groups in total. The molecule has 1 aliphatic rings. The molecule has 7 heteroatoms. The van der Waals surface area contributed by atoms with Crippen molar-refractivity contribution in [2.45, 2.75) is 13.2 Å². The van der Waals surface area contributed by atoms with Crippen LogP contribution in [0.3, 0.4) is 0 Å². The fourth-order valence-electron chi connectivity index (χ4n) is 2.49. The number of benzene rings is 2. The van der Waals surface area contributed by atoms with Crippen LogP contribution in [-0.2, 0) is 13.2 Å². The predicted octanol–water partition coefficient (Wildman–Crippen LogP) is 2.91. The second-order valence-corrected chi connectivity index (χ2v) is 5.67. The Hall–Kier alpha value is -3.48. The van der Waals surface area contributed by atoms with Crippen LogP contribution in [0.5, 0.6) is 17.4 Å². The summed E-state index contributed by atoms with van der Waals surface area (Å²) >= 11 is 0. The Morgan fingerprint density at radius 1 is 1.04 bits per heavy atom. The van der Waals surface area contributed by atoms with Gasteiger partial charge in [0, 0.05) is 6.54 Å². The number of nitrogens with zero attached hydrogens (tertiary/aromatic N) is 1. The lowest BCUT2D eigenvalue weighted by molar-refractivity contribution is 0.0913. The van der Waals surface area contributed by atoms with Gasteiger partial charge in [-0.05, 0) is 28.4 Å². The highest BCUT2D eigenvalue weighted by Gasteiger charge is 2.16. The van der Waals surface area contributed by atoms with E-state index in [1.54, 1.807) is 0 Å². The Balaban J connectivity index is 1.31. The maximum atomic E-state index is 12.2. The maximum absolute atomic E-state index is 12.2. The minimum Gasteiger partial charge on any atom is -0.471 e. The highest BCUT2D eigenvalue weighted by atomic mass is 16.7. The average molecular weight is 352 g/mol. The van der Waals surface area contributed by atoms with E-state index >= 15 is 0 Å². The number of carbonyl (C=O) groups excluding carboxylic acids is 1. The van der Waals surface area contributed by atoms with Crippen molar-refractivity contribution in [2.24, 2.45) is 0 Å². The van der Waals surface area contributed by atoms with Crippen molar-refractivity contribution in [1.29, 1.82) is 0 Å². The summed E-state index contributed by atoms with van der Waals surface area (Å²) < 4.78 is 21.1. The Morgan fingerprint density at radius 2 is 1.88 bits per heavy atom. The van der Waals surface area contributed by atoms with Gasteiger partial charge in [0.1, 0.15) is 6.61 Å². The van der Waals surface area contributed by atoms with E-state index in [0.717, 1.165) is 11.1 Å².